The van der Waals surface area contributed by atoms with E-state index in [4.69, 9.17) is 11.6 Å². The number of benzene rings is 2. The number of carbonyl (C=O) groups excluding carboxylic acids is 1. The lowest BCUT2D eigenvalue weighted by Gasteiger charge is -2.37. The van der Waals surface area contributed by atoms with Gasteiger partial charge >= 0.3 is 0 Å². The molecule has 1 amide bonds. The van der Waals surface area contributed by atoms with Gasteiger partial charge in [0, 0.05) is 18.1 Å². The van der Waals surface area contributed by atoms with Crippen molar-refractivity contribution >= 4 is 17.5 Å². The Morgan fingerprint density at radius 1 is 1.07 bits per heavy atom. The van der Waals surface area contributed by atoms with E-state index in [0.717, 1.165) is 31.5 Å². The molecule has 4 rings (SSSR count). The Bertz CT molecular complexity index is 853. The molecule has 0 saturated carbocycles. The van der Waals surface area contributed by atoms with Crippen molar-refractivity contribution in [1.82, 2.24) is 9.80 Å². The smallest absolute Gasteiger partial charge is 0.227 e. The van der Waals surface area contributed by atoms with Crippen LogP contribution in [0.25, 0.3) is 0 Å². The highest BCUT2D eigenvalue weighted by Crippen LogP contribution is 2.30. The standard InChI is InChI=1S/C24H29ClN2O3/c25-21-8-6-18(7-9-21)14-23(29)27-15-22(28)24(30,17-27)16-26-12-10-20(11-13-26)19-4-2-1-3-5-19/h1-9,20,22,28,30H,10-17H2/t22-,24+/m1/s1. The molecule has 2 fully saturated rings. The van der Waals surface area contributed by atoms with Crippen LogP contribution in [0, 0.1) is 0 Å². The van der Waals surface area contributed by atoms with Gasteiger partial charge in [0.25, 0.3) is 0 Å². The lowest BCUT2D eigenvalue weighted by molar-refractivity contribution is -0.130. The van der Waals surface area contributed by atoms with Crippen molar-refractivity contribution in [1.29, 1.82) is 0 Å². The van der Waals surface area contributed by atoms with Crippen LogP contribution in [0.1, 0.15) is 29.9 Å². The number of aliphatic hydroxyl groups is 2. The van der Waals surface area contributed by atoms with Gasteiger partial charge in [-0.3, -0.25) is 4.79 Å². The van der Waals surface area contributed by atoms with Crippen LogP contribution >= 0.6 is 11.6 Å². The van der Waals surface area contributed by atoms with E-state index in [9.17, 15) is 15.0 Å². The number of hydrogen-bond donors (Lipinski definition) is 2. The lowest BCUT2D eigenvalue weighted by Crippen LogP contribution is -2.53. The first-order valence-electron chi connectivity index (χ1n) is 10.6. The summed E-state index contributed by atoms with van der Waals surface area (Å²) in [6.07, 6.45) is 1.38. The van der Waals surface area contributed by atoms with Crippen LogP contribution in [0.4, 0.5) is 0 Å². The van der Waals surface area contributed by atoms with E-state index in [1.165, 1.54) is 5.56 Å². The molecule has 2 atom stereocenters. The minimum Gasteiger partial charge on any atom is -0.388 e. The van der Waals surface area contributed by atoms with Crippen LogP contribution in [0.15, 0.2) is 54.6 Å². The second-order valence-electron chi connectivity index (χ2n) is 8.66. The van der Waals surface area contributed by atoms with Crippen LogP contribution in [0.3, 0.4) is 0 Å². The zero-order valence-electron chi connectivity index (χ0n) is 17.1. The molecule has 2 aliphatic rings. The molecule has 2 aromatic rings. The van der Waals surface area contributed by atoms with Crippen LogP contribution in [0.2, 0.25) is 5.02 Å². The number of rotatable bonds is 5. The van der Waals surface area contributed by atoms with Gasteiger partial charge in [-0.25, -0.2) is 0 Å². The molecule has 5 nitrogen and oxygen atoms in total. The van der Waals surface area contributed by atoms with Crippen molar-refractivity contribution in [3.8, 4) is 0 Å². The van der Waals surface area contributed by atoms with Crippen LogP contribution in [-0.2, 0) is 11.2 Å². The molecule has 0 radical (unpaired) electrons. The van der Waals surface area contributed by atoms with Crippen LogP contribution in [-0.4, -0.2) is 70.3 Å². The van der Waals surface area contributed by atoms with Crippen LogP contribution < -0.4 is 0 Å². The number of carbonyl (C=O) groups is 1. The molecule has 2 heterocycles. The van der Waals surface area contributed by atoms with Crippen molar-refractivity contribution < 1.29 is 15.0 Å². The molecule has 0 unspecified atom stereocenters. The first-order valence-corrected chi connectivity index (χ1v) is 11.0. The van der Waals surface area contributed by atoms with E-state index in [1.54, 1.807) is 17.0 Å². The Balaban J connectivity index is 1.31. The van der Waals surface area contributed by atoms with E-state index < -0.39 is 11.7 Å². The summed E-state index contributed by atoms with van der Waals surface area (Å²) in [6.45, 7) is 2.49. The average Bonchev–Trinajstić information content (AvgIpc) is 3.05. The van der Waals surface area contributed by atoms with E-state index in [0.29, 0.717) is 17.5 Å². The number of amides is 1. The number of aliphatic hydroxyl groups excluding tert-OH is 1. The van der Waals surface area contributed by atoms with Crippen molar-refractivity contribution in [2.75, 3.05) is 32.7 Å². The number of nitrogens with zero attached hydrogens (tertiary/aromatic N) is 2. The van der Waals surface area contributed by atoms with Gasteiger partial charge < -0.3 is 20.0 Å². The van der Waals surface area contributed by atoms with Crippen molar-refractivity contribution in [3.05, 3.63) is 70.7 Å². The molecule has 0 bridgehead atoms. The molecule has 0 aliphatic carbocycles. The van der Waals surface area contributed by atoms with Gasteiger partial charge in [-0.05, 0) is 55.1 Å². The minimum atomic E-state index is -1.28. The second-order valence-corrected chi connectivity index (χ2v) is 9.09. The van der Waals surface area contributed by atoms with Gasteiger partial charge in [0.2, 0.25) is 5.91 Å². The fourth-order valence-electron chi connectivity index (χ4n) is 4.65. The predicted octanol–water partition coefficient (Wildman–Crippen LogP) is 2.70. The van der Waals surface area contributed by atoms with Gasteiger partial charge in [-0.15, -0.1) is 0 Å². The van der Waals surface area contributed by atoms with Gasteiger partial charge in [0.1, 0.15) is 11.7 Å². The quantitative estimate of drug-likeness (QED) is 0.768. The SMILES string of the molecule is O=C(Cc1ccc(Cl)cc1)N1C[C@@H](O)[C@](O)(CN2CCC(c3ccccc3)CC2)C1. The summed E-state index contributed by atoms with van der Waals surface area (Å²) in [5, 5.41) is 22.3. The molecule has 0 aromatic heterocycles. The Morgan fingerprint density at radius 3 is 2.40 bits per heavy atom. The molecule has 2 saturated heterocycles. The van der Waals surface area contributed by atoms with E-state index in [-0.39, 0.29) is 25.4 Å². The summed E-state index contributed by atoms with van der Waals surface area (Å²) >= 11 is 5.90. The predicted molar refractivity (Wildman–Crippen MR) is 118 cm³/mol. The number of hydrogen-bond acceptors (Lipinski definition) is 4. The highest BCUT2D eigenvalue weighted by molar-refractivity contribution is 6.30. The molecule has 2 aliphatic heterocycles. The number of likely N-dealkylation sites (tertiary alicyclic amines) is 2. The maximum Gasteiger partial charge on any atom is 0.227 e. The fraction of sp³-hybridized carbons (Fsp3) is 0.458. The molecule has 0 spiro atoms. The average molecular weight is 429 g/mol. The second kappa shape index (κ2) is 9.06. The summed E-state index contributed by atoms with van der Waals surface area (Å²) in [7, 11) is 0. The fourth-order valence-corrected chi connectivity index (χ4v) is 4.78. The third-order valence-electron chi connectivity index (χ3n) is 6.46. The first-order chi connectivity index (χ1) is 14.4. The van der Waals surface area contributed by atoms with E-state index >= 15 is 0 Å². The van der Waals surface area contributed by atoms with E-state index in [1.807, 2.05) is 18.2 Å². The van der Waals surface area contributed by atoms with Gasteiger partial charge in [-0.1, -0.05) is 54.1 Å². The third kappa shape index (κ3) is 4.86. The Labute approximate surface area is 182 Å². The largest absolute Gasteiger partial charge is 0.388 e. The third-order valence-corrected chi connectivity index (χ3v) is 6.71. The topological polar surface area (TPSA) is 64.0 Å². The van der Waals surface area contributed by atoms with Gasteiger partial charge in [-0.2, -0.15) is 0 Å². The molecule has 2 N–H and O–H groups in total. The summed E-state index contributed by atoms with van der Waals surface area (Å²) in [5.74, 6) is 0.457. The van der Waals surface area contributed by atoms with Crippen molar-refractivity contribution in [2.24, 2.45) is 0 Å². The van der Waals surface area contributed by atoms with Crippen molar-refractivity contribution in [2.45, 2.75) is 36.9 Å². The zero-order chi connectivity index (χ0) is 21.1. The molecule has 160 valence electrons. The number of halogens is 1. The summed E-state index contributed by atoms with van der Waals surface area (Å²) in [5.41, 5.74) is 0.961. The normalized spacial score (nSPS) is 25.6. The summed E-state index contributed by atoms with van der Waals surface area (Å²) in [4.78, 5) is 16.5. The Morgan fingerprint density at radius 2 is 1.73 bits per heavy atom. The number of β-amino-alcohol motifs (C(OH)–C–C–N with tert-alkyl or cyclic N) is 2. The molecular weight excluding hydrogens is 400 g/mol. The molecule has 6 heteroatoms. The zero-order valence-corrected chi connectivity index (χ0v) is 17.8. The summed E-state index contributed by atoms with van der Waals surface area (Å²) < 4.78 is 0. The Hall–Kier alpha value is -1.92. The highest BCUT2D eigenvalue weighted by Gasteiger charge is 2.47. The first kappa shape index (κ1) is 21.3. The van der Waals surface area contributed by atoms with Gasteiger partial charge in [0.05, 0.1) is 13.0 Å². The molecule has 30 heavy (non-hydrogen) atoms. The van der Waals surface area contributed by atoms with Gasteiger partial charge in [0.15, 0.2) is 0 Å². The molecule has 2 aromatic carbocycles. The van der Waals surface area contributed by atoms with Crippen molar-refractivity contribution in [3.63, 3.8) is 0 Å². The Kier molecular flexibility index (Phi) is 6.44. The lowest BCUT2D eigenvalue weighted by atomic mass is 9.88. The van der Waals surface area contributed by atoms with E-state index in [2.05, 4.69) is 29.2 Å². The highest BCUT2D eigenvalue weighted by atomic mass is 35.5. The minimum absolute atomic E-state index is 0.0879. The maximum absolute atomic E-state index is 12.7. The molecular formula is C24H29ClN2O3. The van der Waals surface area contributed by atoms with Crippen LogP contribution in [0.5, 0.6) is 0 Å². The number of piperidine rings is 1. The maximum atomic E-state index is 12.7. The monoisotopic (exact) mass is 428 g/mol. The summed E-state index contributed by atoms with van der Waals surface area (Å²) in [6, 6.07) is 17.7.